The van der Waals surface area contributed by atoms with E-state index in [1.807, 2.05) is 0 Å². The molecule has 1 amide bonds. The Morgan fingerprint density at radius 2 is 1.77 bits per heavy atom. The number of nitrogens with one attached hydrogen (secondary N) is 1. The average molecular weight is 531 g/mol. The Morgan fingerprint density at radius 1 is 1.08 bits per heavy atom. The van der Waals surface area contributed by atoms with Crippen LogP contribution in [-0.4, -0.2) is 75.3 Å². The summed E-state index contributed by atoms with van der Waals surface area (Å²) in [6, 6.07) is 16.9. The van der Waals surface area contributed by atoms with Gasteiger partial charge in [-0.1, -0.05) is 12.1 Å². The van der Waals surface area contributed by atoms with Crippen LogP contribution < -0.4 is 5.32 Å². The van der Waals surface area contributed by atoms with Crippen LogP contribution in [0.3, 0.4) is 0 Å². The zero-order chi connectivity index (χ0) is 27.5. The van der Waals surface area contributed by atoms with Gasteiger partial charge in [0.25, 0.3) is 11.6 Å². The molecule has 5 rings (SSSR count). The molecule has 0 unspecified atom stereocenters. The minimum Gasteiger partial charge on any atom is -0.426 e. The number of fused-ring (bicyclic) bond motifs is 1. The van der Waals surface area contributed by atoms with Crippen LogP contribution in [0.1, 0.15) is 5.56 Å². The molecule has 0 saturated carbocycles. The Balaban J connectivity index is 1.35. The van der Waals surface area contributed by atoms with Crippen molar-refractivity contribution in [2.45, 2.75) is 0 Å². The summed E-state index contributed by atoms with van der Waals surface area (Å²) in [6.07, 6.45) is 1.77. The van der Waals surface area contributed by atoms with Crippen molar-refractivity contribution in [3.05, 3.63) is 93.8 Å². The molecule has 0 atom stereocenters. The van der Waals surface area contributed by atoms with Gasteiger partial charge in [0.05, 0.1) is 10.4 Å². The van der Waals surface area contributed by atoms with Crippen LogP contribution in [0.5, 0.6) is 0 Å². The zero-order valence-corrected chi connectivity index (χ0v) is 21.2. The predicted octanol–water partition coefficient (Wildman–Crippen LogP) is 4.26. The van der Waals surface area contributed by atoms with Crippen molar-refractivity contribution in [2.75, 3.05) is 45.1 Å². The first-order valence-electron chi connectivity index (χ1n) is 12.4. The summed E-state index contributed by atoms with van der Waals surface area (Å²) >= 11 is 0. The zero-order valence-electron chi connectivity index (χ0n) is 21.2. The minimum absolute atomic E-state index is 0.150. The van der Waals surface area contributed by atoms with E-state index >= 15 is 0 Å². The van der Waals surface area contributed by atoms with E-state index in [2.05, 4.69) is 27.1 Å². The highest BCUT2D eigenvalue weighted by Crippen LogP contribution is 2.27. The summed E-state index contributed by atoms with van der Waals surface area (Å²) < 4.78 is 14.2. The molecule has 1 aromatic heterocycles. The number of hydrogen-bond acceptors (Lipinski definition) is 7. The second kappa shape index (κ2) is 11.0. The number of carbonyl (C=O) groups excluding carboxylic acids is 1. The molecule has 0 spiro atoms. The molecule has 39 heavy (non-hydrogen) atoms. The van der Waals surface area contributed by atoms with E-state index in [1.165, 1.54) is 30.3 Å². The molecule has 10 nitrogen and oxygen atoms in total. The van der Waals surface area contributed by atoms with E-state index in [0.717, 1.165) is 36.5 Å². The van der Waals surface area contributed by atoms with Crippen molar-refractivity contribution in [2.24, 2.45) is 0 Å². The highest BCUT2D eigenvalue weighted by molar-refractivity contribution is 6.07. The number of benzene rings is 3. The molecule has 3 aromatic carbocycles. The number of amides is 1. The molecule has 0 aliphatic carbocycles. The number of nitro benzene ring substituents is 1. The third-order valence-electron chi connectivity index (χ3n) is 6.72. The molecule has 11 heteroatoms. The summed E-state index contributed by atoms with van der Waals surface area (Å²) in [5, 5.41) is 24.6. The lowest BCUT2D eigenvalue weighted by Gasteiger charge is -2.32. The monoisotopic (exact) mass is 530 g/mol. The maximum absolute atomic E-state index is 13.4. The fraction of sp³-hybridized carbons (Fsp3) is 0.214. The second-order valence-corrected chi connectivity index (χ2v) is 9.51. The van der Waals surface area contributed by atoms with Crippen LogP contribution in [0.4, 0.5) is 15.8 Å². The van der Waals surface area contributed by atoms with Crippen LogP contribution in [0.15, 0.2) is 72.3 Å². The highest BCUT2D eigenvalue weighted by atomic mass is 19.1. The Bertz CT molecular complexity index is 1540. The van der Waals surface area contributed by atoms with Gasteiger partial charge in [0.2, 0.25) is 0 Å². The third kappa shape index (κ3) is 5.95. The van der Waals surface area contributed by atoms with Crippen molar-refractivity contribution in [3.63, 3.8) is 0 Å². The van der Waals surface area contributed by atoms with Gasteiger partial charge in [-0.05, 0) is 61.2 Å². The minimum atomic E-state index is -0.536. The normalized spacial score (nSPS) is 15.0. The maximum atomic E-state index is 13.4. The molecule has 1 aliphatic rings. The third-order valence-corrected chi connectivity index (χ3v) is 6.72. The Labute approximate surface area is 223 Å². The first kappa shape index (κ1) is 26.0. The standard InChI is InChI=1S/C28H27FN6O4/c1-32-12-14-33(15-13-32)18-21(16-19-2-6-22(29)7-3-19)28(36)30-23-8-4-20(5-9-23)27-31-25-11-10-24(35(38)39)17-26(25)34(27)37/h2-11,16-17,37H,12-15,18H2,1H3,(H,30,36). The van der Waals surface area contributed by atoms with Gasteiger partial charge in [-0.2, -0.15) is 4.73 Å². The lowest BCUT2D eigenvalue weighted by atomic mass is 10.1. The van der Waals surface area contributed by atoms with Crippen LogP contribution >= 0.6 is 0 Å². The Kier molecular flexibility index (Phi) is 7.35. The lowest BCUT2D eigenvalue weighted by molar-refractivity contribution is -0.384. The summed E-state index contributed by atoms with van der Waals surface area (Å²) in [5.74, 6) is -0.394. The van der Waals surface area contributed by atoms with E-state index in [4.69, 9.17) is 0 Å². The number of hydrogen-bond donors (Lipinski definition) is 2. The average Bonchev–Trinajstić information content (AvgIpc) is 3.26. The van der Waals surface area contributed by atoms with E-state index < -0.39 is 4.92 Å². The van der Waals surface area contributed by atoms with Crippen molar-refractivity contribution < 1.29 is 19.3 Å². The molecular formula is C28H27FN6O4. The van der Waals surface area contributed by atoms with Crippen molar-refractivity contribution in [3.8, 4) is 11.4 Å². The number of anilines is 1. The number of nitro groups is 1. The second-order valence-electron chi connectivity index (χ2n) is 9.51. The highest BCUT2D eigenvalue weighted by Gasteiger charge is 2.20. The first-order chi connectivity index (χ1) is 18.8. The van der Waals surface area contributed by atoms with E-state index in [-0.39, 0.29) is 28.8 Å². The van der Waals surface area contributed by atoms with Crippen molar-refractivity contribution in [1.29, 1.82) is 0 Å². The summed E-state index contributed by atoms with van der Waals surface area (Å²) in [7, 11) is 2.07. The number of piperazine rings is 1. The van der Waals surface area contributed by atoms with Gasteiger partial charge >= 0.3 is 0 Å². The van der Waals surface area contributed by atoms with Gasteiger partial charge in [-0.3, -0.25) is 19.8 Å². The number of imidazole rings is 1. The molecule has 4 aromatic rings. The number of halogens is 1. The molecule has 2 heterocycles. The summed E-state index contributed by atoms with van der Waals surface area (Å²) in [4.78, 5) is 32.7. The van der Waals surface area contributed by atoms with Crippen LogP contribution in [0.25, 0.3) is 28.5 Å². The topological polar surface area (TPSA) is 117 Å². The maximum Gasteiger partial charge on any atom is 0.271 e. The van der Waals surface area contributed by atoms with Gasteiger partial charge < -0.3 is 15.4 Å². The van der Waals surface area contributed by atoms with E-state index in [1.54, 1.807) is 42.5 Å². The lowest BCUT2D eigenvalue weighted by Crippen LogP contribution is -2.45. The molecule has 0 radical (unpaired) electrons. The first-order valence-corrected chi connectivity index (χ1v) is 12.4. The molecule has 2 N–H and O–H groups in total. The van der Waals surface area contributed by atoms with Gasteiger partial charge in [-0.15, -0.1) is 0 Å². The number of carbonyl (C=O) groups is 1. The van der Waals surface area contributed by atoms with Gasteiger partial charge in [-0.25, -0.2) is 9.37 Å². The van der Waals surface area contributed by atoms with Crippen LogP contribution in [0, 0.1) is 15.9 Å². The Morgan fingerprint density at radius 3 is 2.44 bits per heavy atom. The fourth-order valence-electron chi connectivity index (χ4n) is 4.46. The smallest absolute Gasteiger partial charge is 0.271 e. The van der Waals surface area contributed by atoms with Crippen molar-refractivity contribution in [1.82, 2.24) is 19.5 Å². The number of non-ortho nitro benzene ring substituents is 1. The van der Waals surface area contributed by atoms with Crippen LogP contribution in [0.2, 0.25) is 0 Å². The largest absolute Gasteiger partial charge is 0.426 e. The summed E-state index contributed by atoms with van der Waals surface area (Å²) in [5.41, 5.74) is 2.87. The fourth-order valence-corrected chi connectivity index (χ4v) is 4.46. The number of likely N-dealkylation sites (N-methyl/N-ethyl adjacent to an activating group) is 1. The molecule has 1 fully saturated rings. The molecule has 1 aliphatic heterocycles. The molecule has 200 valence electrons. The van der Waals surface area contributed by atoms with E-state index in [9.17, 15) is 24.5 Å². The number of nitrogens with zero attached hydrogens (tertiary/aromatic N) is 5. The quantitative estimate of drug-likeness (QED) is 0.159. The summed E-state index contributed by atoms with van der Waals surface area (Å²) in [6.45, 7) is 3.96. The van der Waals surface area contributed by atoms with Crippen LogP contribution in [-0.2, 0) is 4.79 Å². The Hall–Kier alpha value is -4.61. The predicted molar refractivity (Wildman–Crippen MR) is 146 cm³/mol. The molecular weight excluding hydrogens is 503 g/mol. The number of aromatic nitrogens is 2. The van der Waals surface area contributed by atoms with Gasteiger partial charge in [0.1, 0.15) is 11.3 Å². The SMILES string of the molecule is CN1CCN(CC(=Cc2ccc(F)cc2)C(=O)Nc2ccc(-c3nc4ccc([N+](=O)[O-])cc4n3O)cc2)CC1. The van der Waals surface area contributed by atoms with E-state index in [0.29, 0.717) is 28.9 Å². The van der Waals surface area contributed by atoms with Gasteiger partial charge in [0.15, 0.2) is 5.82 Å². The van der Waals surface area contributed by atoms with Gasteiger partial charge in [0, 0.05) is 61.7 Å². The number of rotatable bonds is 7. The molecule has 1 saturated heterocycles. The molecule has 0 bridgehead atoms. The van der Waals surface area contributed by atoms with Crippen molar-refractivity contribution >= 4 is 34.4 Å².